The Bertz CT molecular complexity index is 356. The maximum absolute atomic E-state index is 9.97. The van der Waals surface area contributed by atoms with Crippen molar-refractivity contribution in [1.82, 2.24) is 0 Å². The molecule has 2 heteroatoms. The van der Waals surface area contributed by atoms with Gasteiger partial charge in [0.1, 0.15) is 0 Å². The van der Waals surface area contributed by atoms with Crippen LogP contribution in [0.3, 0.4) is 0 Å². The van der Waals surface area contributed by atoms with E-state index >= 15 is 0 Å². The first kappa shape index (κ1) is 10.5. The largest absolute Gasteiger partial charge is 0.388 e. The fourth-order valence-electron chi connectivity index (χ4n) is 1.96. The molecular formula is C13H19NO. The van der Waals surface area contributed by atoms with Gasteiger partial charge in [-0.2, -0.15) is 0 Å². The summed E-state index contributed by atoms with van der Waals surface area (Å²) in [5.41, 5.74) is 3.27. The summed E-state index contributed by atoms with van der Waals surface area (Å²) in [5.74, 6) is 0. The number of benzene rings is 1. The van der Waals surface area contributed by atoms with Crippen molar-refractivity contribution in [2.75, 3.05) is 11.9 Å². The molecule has 0 bridgehead atoms. The Morgan fingerprint density at radius 2 is 2.07 bits per heavy atom. The third kappa shape index (κ3) is 2.15. The van der Waals surface area contributed by atoms with Crippen molar-refractivity contribution in [1.29, 1.82) is 0 Å². The van der Waals surface area contributed by atoms with Crippen molar-refractivity contribution in [3.8, 4) is 0 Å². The van der Waals surface area contributed by atoms with Crippen LogP contribution in [0, 0.1) is 13.8 Å². The lowest BCUT2D eigenvalue weighted by Gasteiger charge is -2.37. The van der Waals surface area contributed by atoms with E-state index in [0.717, 1.165) is 24.9 Å². The molecule has 0 atom stereocenters. The molecule has 1 aliphatic carbocycles. The van der Waals surface area contributed by atoms with Crippen LogP contribution in [0.1, 0.15) is 30.4 Å². The number of hydrogen-bond donors (Lipinski definition) is 2. The predicted molar refractivity (Wildman–Crippen MR) is 63.2 cm³/mol. The summed E-state index contributed by atoms with van der Waals surface area (Å²) in [6, 6.07) is 6.23. The van der Waals surface area contributed by atoms with Gasteiger partial charge < -0.3 is 10.4 Å². The van der Waals surface area contributed by atoms with Gasteiger partial charge in [0.25, 0.3) is 0 Å². The van der Waals surface area contributed by atoms with Crippen LogP contribution in [0.15, 0.2) is 18.2 Å². The zero-order valence-electron chi connectivity index (χ0n) is 9.51. The molecule has 0 aromatic heterocycles. The van der Waals surface area contributed by atoms with Crippen LogP contribution in [0.4, 0.5) is 5.69 Å². The minimum atomic E-state index is -0.448. The molecule has 1 aliphatic rings. The minimum Gasteiger partial charge on any atom is -0.388 e. The van der Waals surface area contributed by atoms with E-state index in [9.17, 15) is 5.11 Å². The van der Waals surface area contributed by atoms with E-state index in [4.69, 9.17) is 0 Å². The average molecular weight is 205 g/mol. The van der Waals surface area contributed by atoms with E-state index < -0.39 is 5.60 Å². The summed E-state index contributed by atoms with van der Waals surface area (Å²) >= 11 is 0. The fraction of sp³-hybridized carbons (Fsp3) is 0.538. The van der Waals surface area contributed by atoms with Gasteiger partial charge in [-0.15, -0.1) is 0 Å². The van der Waals surface area contributed by atoms with Crippen molar-refractivity contribution in [2.45, 2.75) is 38.7 Å². The second-order valence-corrected chi connectivity index (χ2v) is 4.68. The van der Waals surface area contributed by atoms with Crippen molar-refractivity contribution in [3.05, 3.63) is 29.3 Å². The molecule has 1 fully saturated rings. The zero-order chi connectivity index (χ0) is 10.9. The second-order valence-electron chi connectivity index (χ2n) is 4.68. The van der Waals surface area contributed by atoms with E-state index in [1.807, 2.05) is 0 Å². The molecule has 0 unspecified atom stereocenters. The van der Waals surface area contributed by atoms with Gasteiger partial charge in [-0.3, -0.25) is 0 Å². The van der Waals surface area contributed by atoms with E-state index in [2.05, 4.69) is 37.4 Å². The molecule has 2 rings (SSSR count). The van der Waals surface area contributed by atoms with Crippen LogP contribution in [-0.2, 0) is 0 Å². The number of nitrogens with one attached hydrogen (secondary N) is 1. The number of anilines is 1. The molecule has 0 heterocycles. The Morgan fingerprint density at radius 1 is 1.33 bits per heavy atom. The van der Waals surface area contributed by atoms with Crippen LogP contribution in [0.5, 0.6) is 0 Å². The molecule has 1 aromatic carbocycles. The maximum atomic E-state index is 9.97. The molecule has 0 spiro atoms. The first-order valence-corrected chi connectivity index (χ1v) is 5.63. The van der Waals surface area contributed by atoms with E-state index in [1.54, 1.807) is 0 Å². The maximum Gasteiger partial charge on any atom is 0.0819 e. The molecule has 0 aliphatic heterocycles. The number of aliphatic hydroxyl groups is 1. The second kappa shape index (κ2) is 3.86. The van der Waals surface area contributed by atoms with Gasteiger partial charge in [-0.1, -0.05) is 12.1 Å². The Labute approximate surface area is 91.3 Å². The first-order chi connectivity index (χ1) is 7.11. The highest BCUT2D eigenvalue weighted by Crippen LogP contribution is 2.32. The zero-order valence-corrected chi connectivity index (χ0v) is 9.51. The normalized spacial score (nSPS) is 18.3. The van der Waals surface area contributed by atoms with Crippen molar-refractivity contribution in [2.24, 2.45) is 0 Å². The number of rotatable bonds is 3. The molecule has 15 heavy (non-hydrogen) atoms. The molecule has 0 saturated heterocycles. The Kier molecular flexibility index (Phi) is 2.70. The quantitative estimate of drug-likeness (QED) is 0.795. The predicted octanol–water partition coefficient (Wildman–Crippen LogP) is 2.63. The molecule has 1 saturated carbocycles. The summed E-state index contributed by atoms with van der Waals surface area (Å²) in [5, 5.41) is 13.3. The summed E-state index contributed by atoms with van der Waals surface area (Å²) in [7, 11) is 0. The lowest BCUT2D eigenvalue weighted by Crippen LogP contribution is -2.43. The molecule has 2 N–H and O–H groups in total. The fourth-order valence-corrected chi connectivity index (χ4v) is 1.96. The van der Waals surface area contributed by atoms with Crippen LogP contribution >= 0.6 is 0 Å². The summed E-state index contributed by atoms with van der Waals surface area (Å²) in [6.07, 6.45) is 3.03. The van der Waals surface area contributed by atoms with Gasteiger partial charge in [0.2, 0.25) is 0 Å². The number of aryl methyl sites for hydroxylation is 1. The number of hydrogen-bond acceptors (Lipinski definition) is 2. The van der Waals surface area contributed by atoms with Crippen molar-refractivity contribution >= 4 is 5.69 Å². The van der Waals surface area contributed by atoms with Crippen LogP contribution in [-0.4, -0.2) is 17.3 Å². The van der Waals surface area contributed by atoms with Gasteiger partial charge in [0.05, 0.1) is 5.60 Å². The Hall–Kier alpha value is -1.02. The van der Waals surface area contributed by atoms with E-state index in [-0.39, 0.29) is 0 Å². The van der Waals surface area contributed by atoms with Gasteiger partial charge in [0, 0.05) is 12.2 Å². The SMILES string of the molecule is Cc1cccc(NCC2(O)CCC2)c1C. The molecule has 0 amide bonds. The molecule has 2 nitrogen and oxygen atoms in total. The molecule has 82 valence electrons. The van der Waals surface area contributed by atoms with E-state index in [1.165, 1.54) is 11.1 Å². The van der Waals surface area contributed by atoms with Crippen LogP contribution in [0.2, 0.25) is 0 Å². The average Bonchev–Trinajstić information content (AvgIpc) is 2.17. The monoisotopic (exact) mass is 205 g/mol. The van der Waals surface area contributed by atoms with Crippen LogP contribution < -0.4 is 5.32 Å². The van der Waals surface area contributed by atoms with E-state index in [0.29, 0.717) is 6.54 Å². The van der Waals surface area contributed by atoms with Crippen molar-refractivity contribution < 1.29 is 5.11 Å². The lowest BCUT2D eigenvalue weighted by atomic mass is 9.80. The molecular weight excluding hydrogens is 186 g/mol. The minimum absolute atomic E-state index is 0.448. The third-order valence-electron chi connectivity index (χ3n) is 3.50. The van der Waals surface area contributed by atoms with Crippen LogP contribution in [0.25, 0.3) is 0 Å². The summed E-state index contributed by atoms with van der Waals surface area (Å²) in [4.78, 5) is 0. The highest BCUT2D eigenvalue weighted by atomic mass is 16.3. The van der Waals surface area contributed by atoms with Gasteiger partial charge in [-0.05, 0) is 50.3 Å². The molecule has 0 radical (unpaired) electrons. The van der Waals surface area contributed by atoms with Gasteiger partial charge in [-0.25, -0.2) is 0 Å². The standard InChI is InChI=1S/C13H19NO/c1-10-5-3-6-12(11(10)2)14-9-13(15)7-4-8-13/h3,5-6,14-15H,4,7-9H2,1-2H3. The van der Waals surface area contributed by atoms with Crippen molar-refractivity contribution in [3.63, 3.8) is 0 Å². The molecule has 1 aromatic rings. The summed E-state index contributed by atoms with van der Waals surface area (Å²) < 4.78 is 0. The van der Waals surface area contributed by atoms with Gasteiger partial charge >= 0.3 is 0 Å². The summed E-state index contributed by atoms with van der Waals surface area (Å²) in [6.45, 7) is 4.90. The highest BCUT2D eigenvalue weighted by Gasteiger charge is 2.33. The topological polar surface area (TPSA) is 32.3 Å². The lowest BCUT2D eigenvalue weighted by molar-refractivity contribution is -0.0202. The highest BCUT2D eigenvalue weighted by molar-refractivity contribution is 5.53. The Morgan fingerprint density at radius 3 is 2.67 bits per heavy atom. The first-order valence-electron chi connectivity index (χ1n) is 5.63. The van der Waals surface area contributed by atoms with Gasteiger partial charge in [0.15, 0.2) is 0 Å². The smallest absolute Gasteiger partial charge is 0.0819 e. The Balaban J connectivity index is 2.01. The third-order valence-corrected chi connectivity index (χ3v) is 3.50.